The second-order valence-corrected chi connectivity index (χ2v) is 6.86. The zero-order chi connectivity index (χ0) is 18.4. The summed E-state index contributed by atoms with van der Waals surface area (Å²) in [7, 11) is 0. The Hall–Kier alpha value is -2.42. The van der Waals surface area contributed by atoms with E-state index in [1.807, 2.05) is 11.6 Å². The van der Waals surface area contributed by atoms with Crippen LogP contribution in [-0.4, -0.2) is 61.2 Å². The number of urea groups is 1. The molecule has 9 heteroatoms. The molecule has 1 fully saturated rings. The highest BCUT2D eigenvalue weighted by molar-refractivity contribution is 6.08. The number of carbonyl (C=O) groups excluding carboxylic acids is 3. The van der Waals surface area contributed by atoms with Gasteiger partial charge < -0.3 is 15.3 Å². The molecule has 1 saturated heterocycles. The monoisotopic (exact) mass is 349 g/mol. The highest BCUT2D eigenvalue weighted by Gasteiger charge is 2.45. The van der Waals surface area contributed by atoms with Gasteiger partial charge in [0.25, 0.3) is 5.91 Å². The summed E-state index contributed by atoms with van der Waals surface area (Å²) in [5.74, 6) is -0.696. The topological polar surface area (TPSA) is 108 Å². The first-order valence-corrected chi connectivity index (χ1v) is 8.38. The maximum atomic E-state index is 12.6. The lowest BCUT2D eigenvalue weighted by Gasteiger charge is -2.29. The number of rotatable bonds is 4. The van der Waals surface area contributed by atoms with Gasteiger partial charge in [0, 0.05) is 37.3 Å². The third kappa shape index (κ3) is 2.88. The number of hydrogen-bond acceptors (Lipinski definition) is 5. The summed E-state index contributed by atoms with van der Waals surface area (Å²) >= 11 is 0. The predicted molar refractivity (Wildman–Crippen MR) is 87.3 cm³/mol. The van der Waals surface area contributed by atoms with Crippen LogP contribution in [-0.2, 0) is 35.7 Å². The molecular formula is C16H23N5O4. The van der Waals surface area contributed by atoms with Crippen molar-refractivity contribution in [2.75, 3.05) is 13.1 Å². The number of fused-ring (bicyclic) bond motifs is 1. The third-order valence-corrected chi connectivity index (χ3v) is 4.76. The van der Waals surface area contributed by atoms with E-state index in [1.165, 1.54) is 0 Å². The SMILES string of the molecule is CCn1nc(CO)c2c1CCN(C(=O)CN1C(=O)NC(C)(C)C1=O)C2. The number of imide groups is 1. The van der Waals surface area contributed by atoms with Crippen molar-refractivity contribution in [3.8, 4) is 0 Å². The lowest BCUT2D eigenvalue weighted by molar-refractivity contribution is -0.139. The molecule has 0 aliphatic carbocycles. The van der Waals surface area contributed by atoms with Crippen LogP contribution >= 0.6 is 0 Å². The van der Waals surface area contributed by atoms with Crippen molar-refractivity contribution in [3.63, 3.8) is 0 Å². The summed E-state index contributed by atoms with van der Waals surface area (Å²) in [6.07, 6.45) is 0.632. The van der Waals surface area contributed by atoms with Crippen molar-refractivity contribution in [1.29, 1.82) is 0 Å². The molecule has 4 amide bonds. The molecule has 25 heavy (non-hydrogen) atoms. The van der Waals surface area contributed by atoms with E-state index in [9.17, 15) is 19.5 Å². The highest BCUT2D eigenvalue weighted by Crippen LogP contribution is 2.24. The summed E-state index contributed by atoms with van der Waals surface area (Å²) in [5.41, 5.74) is 1.48. The molecule has 0 saturated carbocycles. The summed E-state index contributed by atoms with van der Waals surface area (Å²) in [6, 6.07) is -0.545. The summed E-state index contributed by atoms with van der Waals surface area (Å²) in [5, 5.41) is 16.4. The van der Waals surface area contributed by atoms with Crippen molar-refractivity contribution in [1.82, 2.24) is 24.9 Å². The van der Waals surface area contributed by atoms with Crippen LogP contribution < -0.4 is 5.32 Å². The Balaban J connectivity index is 1.74. The number of aliphatic hydroxyl groups excluding tert-OH is 1. The second kappa shape index (κ2) is 6.14. The molecule has 0 atom stereocenters. The van der Waals surface area contributed by atoms with Crippen molar-refractivity contribution in [3.05, 3.63) is 17.0 Å². The Labute approximate surface area is 145 Å². The van der Waals surface area contributed by atoms with Gasteiger partial charge in [0.05, 0.1) is 12.3 Å². The van der Waals surface area contributed by atoms with Crippen LogP contribution in [0.25, 0.3) is 0 Å². The lowest BCUT2D eigenvalue weighted by atomic mass is 10.0. The molecule has 1 aromatic rings. The van der Waals surface area contributed by atoms with Crippen LogP contribution in [0.5, 0.6) is 0 Å². The largest absolute Gasteiger partial charge is 0.390 e. The average molecular weight is 349 g/mol. The van der Waals surface area contributed by atoms with Gasteiger partial charge in [-0.3, -0.25) is 19.2 Å². The van der Waals surface area contributed by atoms with Gasteiger partial charge in [-0.1, -0.05) is 0 Å². The standard InChI is InChI=1S/C16H23N5O4/c1-4-21-12-5-6-19(7-10(12)11(9-22)18-21)13(23)8-20-14(24)16(2,3)17-15(20)25/h22H,4-9H2,1-3H3,(H,17,25). The molecule has 136 valence electrons. The normalized spacial score (nSPS) is 19.2. The van der Waals surface area contributed by atoms with Crippen LogP contribution in [0.3, 0.4) is 0 Å². The van der Waals surface area contributed by atoms with Crippen molar-refractivity contribution < 1.29 is 19.5 Å². The minimum atomic E-state index is -0.987. The lowest BCUT2D eigenvalue weighted by Crippen LogP contribution is -2.46. The summed E-state index contributed by atoms with van der Waals surface area (Å²) in [4.78, 5) is 39.3. The fourth-order valence-electron chi connectivity index (χ4n) is 3.36. The van der Waals surface area contributed by atoms with E-state index in [2.05, 4.69) is 10.4 Å². The molecule has 3 rings (SSSR count). The van der Waals surface area contributed by atoms with Gasteiger partial charge in [-0.05, 0) is 20.8 Å². The van der Waals surface area contributed by atoms with Crippen molar-refractivity contribution >= 4 is 17.8 Å². The third-order valence-electron chi connectivity index (χ3n) is 4.76. The Morgan fingerprint density at radius 2 is 2.08 bits per heavy atom. The first-order chi connectivity index (χ1) is 11.8. The van der Waals surface area contributed by atoms with Gasteiger partial charge >= 0.3 is 6.03 Å². The molecule has 9 nitrogen and oxygen atoms in total. The molecule has 0 aromatic carbocycles. The summed E-state index contributed by atoms with van der Waals surface area (Å²) < 4.78 is 1.85. The fraction of sp³-hybridized carbons (Fsp3) is 0.625. The van der Waals surface area contributed by atoms with Crippen LogP contribution in [0, 0.1) is 0 Å². The molecule has 2 N–H and O–H groups in total. The number of aryl methyl sites for hydroxylation is 1. The molecular weight excluding hydrogens is 326 g/mol. The smallest absolute Gasteiger partial charge is 0.325 e. The zero-order valence-electron chi connectivity index (χ0n) is 14.7. The van der Waals surface area contributed by atoms with Gasteiger partial charge in [0.15, 0.2) is 0 Å². The minimum Gasteiger partial charge on any atom is -0.390 e. The molecule has 0 bridgehead atoms. The Kier molecular flexibility index (Phi) is 4.28. The molecule has 2 aliphatic rings. The Morgan fingerprint density at radius 1 is 1.36 bits per heavy atom. The second-order valence-electron chi connectivity index (χ2n) is 6.86. The molecule has 3 heterocycles. The molecule has 1 aromatic heterocycles. The van der Waals surface area contributed by atoms with E-state index < -0.39 is 17.5 Å². The van der Waals surface area contributed by atoms with Gasteiger partial charge in [-0.25, -0.2) is 4.79 Å². The molecule has 0 spiro atoms. The number of nitrogens with zero attached hydrogens (tertiary/aromatic N) is 4. The van der Waals surface area contributed by atoms with Crippen molar-refractivity contribution in [2.24, 2.45) is 0 Å². The number of nitrogens with one attached hydrogen (secondary N) is 1. The molecule has 0 unspecified atom stereocenters. The van der Waals surface area contributed by atoms with Gasteiger partial charge in [0.1, 0.15) is 12.1 Å². The van der Waals surface area contributed by atoms with Crippen LogP contribution in [0.4, 0.5) is 4.79 Å². The van der Waals surface area contributed by atoms with Crippen molar-refractivity contribution in [2.45, 2.75) is 52.4 Å². The van der Waals surface area contributed by atoms with E-state index in [0.29, 0.717) is 31.7 Å². The van der Waals surface area contributed by atoms with E-state index in [-0.39, 0.29) is 19.1 Å². The van der Waals surface area contributed by atoms with E-state index in [0.717, 1.165) is 16.2 Å². The number of amides is 4. The number of carbonyl (C=O) groups is 3. The molecule has 0 radical (unpaired) electrons. The average Bonchev–Trinajstić information content (AvgIpc) is 3.03. The quantitative estimate of drug-likeness (QED) is 0.720. The maximum absolute atomic E-state index is 12.6. The Morgan fingerprint density at radius 3 is 2.64 bits per heavy atom. The van der Waals surface area contributed by atoms with E-state index >= 15 is 0 Å². The number of aliphatic hydroxyl groups is 1. The molecule has 2 aliphatic heterocycles. The first-order valence-electron chi connectivity index (χ1n) is 8.38. The fourth-order valence-corrected chi connectivity index (χ4v) is 3.36. The predicted octanol–water partition coefficient (Wildman–Crippen LogP) is -0.390. The van der Waals surface area contributed by atoms with E-state index in [4.69, 9.17) is 0 Å². The van der Waals surface area contributed by atoms with Gasteiger partial charge in [-0.15, -0.1) is 0 Å². The minimum absolute atomic E-state index is 0.182. The summed E-state index contributed by atoms with van der Waals surface area (Å²) in [6.45, 7) is 6.26. The number of hydrogen-bond donors (Lipinski definition) is 2. The van der Waals surface area contributed by atoms with E-state index in [1.54, 1.807) is 18.7 Å². The van der Waals surface area contributed by atoms with Gasteiger partial charge in [-0.2, -0.15) is 5.10 Å². The number of aromatic nitrogens is 2. The Bertz CT molecular complexity index is 739. The van der Waals surface area contributed by atoms with Gasteiger partial charge in [0.2, 0.25) is 5.91 Å². The zero-order valence-corrected chi connectivity index (χ0v) is 14.7. The highest BCUT2D eigenvalue weighted by atomic mass is 16.3. The van der Waals surface area contributed by atoms with Crippen LogP contribution in [0.15, 0.2) is 0 Å². The first kappa shape index (κ1) is 17.4. The van der Waals surface area contributed by atoms with Crippen LogP contribution in [0.2, 0.25) is 0 Å². The van der Waals surface area contributed by atoms with Crippen LogP contribution in [0.1, 0.15) is 37.7 Å². The maximum Gasteiger partial charge on any atom is 0.325 e.